The summed E-state index contributed by atoms with van der Waals surface area (Å²) in [6, 6.07) is 10.6. The number of rotatable bonds is 6. The van der Waals surface area contributed by atoms with Crippen molar-refractivity contribution in [3.63, 3.8) is 0 Å². The minimum atomic E-state index is -1.19. The Morgan fingerprint density at radius 3 is 2.52 bits per heavy atom. The van der Waals surface area contributed by atoms with Gasteiger partial charge in [-0.25, -0.2) is 0 Å². The molecule has 2 aromatic rings. The van der Waals surface area contributed by atoms with Crippen LogP contribution in [0.2, 0.25) is 0 Å². The molecule has 0 bridgehead atoms. The highest BCUT2D eigenvalue weighted by Gasteiger charge is 2.41. The monoisotopic (exact) mass is 288 g/mol. The minimum Gasteiger partial charge on any atom is -0.465 e. The number of nitrogens with one attached hydrogen (secondary N) is 1. The van der Waals surface area contributed by atoms with Crippen LogP contribution in [0.25, 0.3) is 0 Å². The first-order valence-electron chi connectivity index (χ1n) is 6.63. The van der Waals surface area contributed by atoms with Gasteiger partial charge in [-0.2, -0.15) is 0 Å². The molecule has 0 aliphatic rings. The van der Waals surface area contributed by atoms with E-state index in [2.05, 4.69) is 4.98 Å². The normalized spacial score (nSPS) is 13.4. The number of carbonyl (C=O) groups excluding carboxylic acids is 1. The van der Waals surface area contributed by atoms with Crippen molar-refractivity contribution in [1.82, 2.24) is 4.98 Å². The Hall–Kier alpha value is -2.63. The highest BCUT2D eigenvalue weighted by Crippen LogP contribution is 2.33. The molecule has 0 radical (unpaired) electrons. The number of aromatic amines is 1. The Morgan fingerprint density at radius 2 is 2.00 bits per heavy atom. The number of carbonyl (C=O) groups is 1. The molecule has 110 valence electrons. The average molecular weight is 288 g/mol. The van der Waals surface area contributed by atoms with Crippen molar-refractivity contribution in [2.75, 3.05) is 6.61 Å². The molecule has 0 aliphatic carbocycles. The fourth-order valence-electron chi connectivity index (χ4n) is 2.28. The van der Waals surface area contributed by atoms with Crippen molar-refractivity contribution < 1.29 is 14.5 Å². The lowest BCUT2D eigenvalue weighted by Gasteiger charge is -2.19. The molecule has 0 unspecified atom stereocenters. The van der Waals surface area contributed by atoms with Crippen molar-refractivity contribution in [1.29, 1.82) is 0 Å². The second kappa shape index (κ2) is 6.69. The highest BCUT2D eigenvalue weighted by atomic mass is 16.6. The Morgan fingerprint density at radius 1 is 1.29 bits per heavy atom. The van der Waals surface area contributed by atoms with Crippen molar-refractivity contribution in [2.24, 2.45) is 0 Å². The van der Waals surface area contributed by atoms with Crippen LogP contribution in [0.15, 0.2) is 48.7 Å². The van der Waals surface area contributed by atoms with E-state index in [0.717, 1.165) is 0 Å². The predicted molar refractivity (Wildman–Crippen MR) is 76.3 cm³/mol. The lowest BCUT2D eigenvalue weighted by Crippen LogP contribution is -2.28. The van der Waals surface area contributed by atoms with Crippen LogP contribution in [0.4, 0.5) is 0 Å². The van der Waals surface area contributed by atoms with Crippen molar-refractivity contribution in [2.45, 2.75) is 18.9 Å². The van der Waals surface area contributed by atoms with E-state index in [1.165, 1.54) is 0 Å². The Kier molecular flexibility index (Phi) is 4.71. The number of aromatic nitrogens is 1. The summed E-state index contributed by atoms with van der Waals surface area (Å²) in [5.41, 5.74) is 0.939. The van der Waals surface area contributed by atoms with Gasteiger partial charge in [-0.15, -0.1) is 0 Å². The molecule has 1 aromatic heterocycles. The first kappa shape index (κ1) is 14.8. The van der Waals surface area contributed by atoms with E-state index in [9.17, 15) is 14.9 Å². The SMILES string of the molecule is CCOC(=O)[C@H](c1ccc[nH]1)[C@H](c1ccccc1)[N+](=O)[O-]. The van der Waals surface area contributed by atoms with Crippen LogP contribution in [0.5, 0.6) is 0 Å². The molecule has 2 atom stereocenters. The number of benzene rings is 1. The number of hydrogen-bond acceptors (Lipinski definition) is 4. The molecular formula is C15H16N2O4. The third kappa shape index (κ3) is 3.28. The predicted octanol–water partition coefficient (Wildman–Crippen LogP) is 2.68. The van der Waals surface area contributed by atoms with Gasteiger partial charge in [0.2, 0.25) is 0 Å². The standard InChI is InChI=1S/C15H16N2O4/c1-2-21-15(18)13(12-9-6-10-16-12)14(17(19)20)11-7-4-3-5-8-11/h3-10,13-14,16H,2H2,1H3/t13-,14+/m1/s1. The van der Waals surface area contributed by atoms with Crippen LogP contribution >= 0.6 is 0 Å². The van der Waals surface area contributed by atoms with E-state index in [1.807, 2.05) is 0 Å². The molecular weight excluding hydrogens is 272 g/mol. The van der Waals surface area contributed by atoms with Gasteiger partial charge in [0.05, 0.1) is 6.61 Å². The molecule has 0 aliphatic heterocycles. The summed E-state index contributed by atoms with van der Waals surface area (Å²) >= 11 is 0. The van der Waals surface area contributed by atoms with Gasteiger partial charge in [-0.1, -0.05) is 30.3 Å². The molecule has 0 spiro atoms. The van der Waals surface area contributed by atoms with Crippen LogP contribution in [-0.4, -0.2) is 22.5 Å². The minimum absolute atomic E-state index is 0.176. The molecule has 1 heterocycles. The van der Waals surface area contributed by atoms with E-state index in [1.54, 1.807) is 55.6 Å². The average Bonchev–Trinajstić information content (AvgIpc) is 2.99. The number of nitrogens with zero attached hydrogens (tertiary/aromatic N) is 1. The second-order valence-corrected chi connectivity index (χ2v) is 4.50. The Bertz CT molecular complexity index is 595. The molecule has 1 aromatic carbocycles. The third-order valence-corrected chi connectivity index (χ3v) is 3.18. The summed E-state index contributed by atoms with van der Waals surface area (Å²) in [5.74, 6) is -1.61. The number of ether oxygens (including phenoxy) is 1. The van der Waals surface area contributed by atoms with Gasteiger partial charge in [0.25, 0.3) is 6.04 Å². The quantitative estimate of drug-likeness (QED) is 0.503. The maximum atomic E-state index is 12.2. The molecule has 2 rings (SSSR count). The van der Waals surface area contributed by atoms with Crippen LogP contribution in [0.3, 0.4) is 0 Å². The van der Waals surface area contributed by atoms with E-state index in [0.29, 0.717) is 11.3 Å². The largest absolute Gasteiger partial charge is 0.465 e. The molecule has 6 heteroatoms. The third-order valence-electron chi connectivity index (χ3n) is 3.18. The maximum Gasteiger partial charge on any atom is 0.322 e. The smallest absolute Gasteiger partial charge is 0.322 e. The van der Waals surface area contributed by atoms with E-state index in [4.69, 9.17) is 4.74 Å². The lowest BCUT2D eigenvalue weighted by molar-refractivity contribution is -0.531. The van der Waals surface area contributed by atoms with Gasteiger partial charge in [0, 0.05) is 22.4 Å². The van der Waals surface area contributed by atoms with Crippen molar-refractivity contribution in [3.05, 3.63) is 70.0 Å². The summed E-state index contributed by atoms with van der Waals surface area (Å²) in [5, 5.41) is 11.5. The zero-order valence-corrected chi connectivity index (χ0v) is 11.6. The second-order valence-electron chi connectivity index (χ2n) is 4.50. The Labute approximate surface area is 121 Å². The first-order valence-corrected chi connectivity index (χ1v) is 6.63. The van der Waals surface area contributed by atoms with Gasteiger partial charge < -0.3 is 9.72 Å². The summed E-state index contributed by atoms with van der Waals surface area (Å²) in [6.45, 7) is 1.85. The molecule has 0 fully saturated rings. The summed E-state index contributed by atoms with van der Waals surface area (Å²) in [4.78, 5) is 26.2. The molecule has 21 heavy (non-hydrogen) atoms. The van der Waals surface area contributed by atoms with Crippen LogP contribution in [0.1, 0.15) is 30.1 Å². The topological polar surface area (TPSA) is 85.2 Å². The van der Waals surface area contributed by atoms with Crippen LogP contribution in [0, 0.1) is 10.1 Å². The molecule has 0 saturated heterocycles. The van der Waals surface area contributed by atoms with Gasteiger partial charge in [-0.05, 0) is 19.1 Å². The van der Waals surface area contributed by atoms with E-state index < -0.39 is 22.9 Å². The number of H-pyrrole nitrogens is 1. The molecule has 0 amide bonds. The van der Waals surface area contributed by atoms with Gasteiger partial charge in [0.15, 0.2) is 5.92 Å². The lowest BCUT2D eigenvalue weighted by atomic mass is 9.91. The van der Waals surface area contributed by atoms with Gasteiger partial charge >= 0.3 is 5.97 Å². The van der Waals surface area contributed by atoms with Crippen LogP contribution < -0.4 is 0 Å². The van der Waals surface area contributed by atoms with Gasteiger partial charge in [0.1, 0.15) is 0 Å². The fourth-order valence-corrected chi connectivity index (χ4v) is 2.28. The Balaban J connectivity index is 2.46. The van der Waals surface area contributed by atoms with E-state index >= 15 is 0 Å². The van der Waals surface area contributed by atoms with Crippen molar-refractivity contribution in [3.8, 4) is 0 Å². The summed E-state index contributed by atoms with van der Waals surface area (Å²) in [6.07, 6.45) is 1.63. The highest BCUT2D eigenvalue weighted by molar-refractivity contribution is 5.78. The van der Waals surface area contributed by atoms with E-state index in [-0.39, 0.29) is 6.61 Å². The summed E-state index contributed by atoms with van der Waals surface area (Å²) < 4.78 is 5.02. The number of esters is 1. The zero-order valence-electron chi connectivity index (χ0n) is 11.6. The molecule has 0 saturated carbocycles. The number of hydrogen-bond donors (Lipinski definition) is 1. The van der Waals surface area contributed by atoms with Crippen LogP contribution in [-0.2, 0) is 9.53 Å². The van der Waals surface area contributed by atoms with Gasteiger partial charge in [-0.3, -0.25) is 14.9 Å². The number of nitro groups is 1. The fraction of sp³-hybridized carbons (Fsp3) is 0.267. The maximum absolute atomic E-state index is 12.2. The summed E-state index contributed by atoms with van der Waals surface area (Å²) in [7, 11) is 0. The zero-order chi connectivity index (χ0) is 15.2. The molecule has 6 nitrogen and oxygen atoms in total. The first-order chi connectivity index (χ1) is 10.1. The molecule has 1 N–H and O–H groups in total. The van der Waals surface area contributed by atoms with Crippen molar-refractivity contribution >= 4 is 5.97 Å².